The lowest BCUT2D eigenvalue weighted by Crippen LogP contribution is -2.12. The number of hydrogen-bond donors (Lipinski definition) is 0. The molecule has 0 saturated heterocycles. The van der Waals surface area contributed by atoms with Crippen molar-refractivity contribution in [1.29, 1.82) is 0 Å². The van der Waals surface area contributed by atoms with Gasteiger partial charge in [0.25, 0.3) is 0 Å². The number of rotatable bonds is 10. The minimum atomic E-state index is 0.0200. The van der Waals surface area contributed by atoms with Gasteiger partial charge in [-0.1, -0.05) is 230 Å². The van der Waals surface area contributed by atoms with E-state index in [0.717, 1.165) is 112 Å². The van der Waals surface area contributed by atoms with Gasteiger partial charge in [0.05, 0.1) is 43.5 Å². The van der Waals surface area contributed by atoms with E-state index in [9.17, 15) is 0 Å². The van der Waals surface area contributed by atoms with Gasteiger partial charge in [0.1, 0.15) is 11.2 Å². The van der Waals surface area contributed by atoms with E-state index in [1.807, 2.05) is 47.2 Å². The van der Waals surface area contributed by atoms with E-state index in [1.165, 1.54) is 73.0 Å². The quantitative estimate of drug-likeness (QED) is 0.128. The molecule has 464 valence electrons. The van der Waals surface area contributed by atoms with Gasteiger partial charge in [0.15, 0.2) is 0 Å². The minimum Gasteiger partial charge on any atom is -0.456 e. The van der Waals surface area contributed by atoms with Gasteiger partial charge in [-0.05, 0) is 156 Å². The lowest BCUT2D eigenvalue weighted by molar-refractivity contribution is 0.590. The predicted octanol–water partition coefficient (Wildman–Crippen LogP) is 26.8. The summed E-state index contributed by atoms with van der Waals surface area (Å²) in [6.45, 7) is 13.7. The van der Waals surface area contributed by atoms with Crippen molar-refractivity contribution in [3.63, 3.8) is 0 Å². The molecule has 0 fully saturated rings. The van der Waals surface area contributed by atoms with Crippen molar-refractivity contribution in [3.05, 3.63) is 303 Å². The van der Waals surface area contributed by atoms with E-state index >= 15 is 0 Å². The van der Waals surface area contributed by atoms with Crippen molar-refractivity contribution in [2.24, 2.45) is 0 Å². The Hall–Kier alpha value is -11.2. The number of thiophene rings is 2. The minimum absolute atomic E-state index is 0.0200. The first-order valence-corrected chi connectivity index (χ1v) is 35.0. The van der Waals surface area contributed by atoms with Gasteiger partial charge in [-0.15, -0.1) is 22.7 Å². The van der Waals surface area contributed by atoms with E-state index in [0.29, 0.717) is 0 Å². The van der Waals surface area contributed by atoms with Crippen LogP contribution in [0, 0.1) is 0 Å². The lowest BCUT2D eigenvalue weighted by atomic mass is 9.86. The van der Waals surface area contributed by atoms with E-state index in [-0.39, 0.29) is 10.8 Å². The van der Waals surface area contributed by atoms with Crippen LogP contribution in [0.25, 0.3) is 139 Å². The van der Waals surface area contributed by atoms with Crippen LogP contribution < -0.4 is 9.80 Å². The molecule has 0 bridgehead atoms. The maximum absolute atomic E-state index is 7.09. The molecule has 0 atom stereocenters. The van der Waals surface area contributed by atoms with Gasteiger partial charge in [0.2, 0.25) is 0 Å². The largest absolute Gasteiger partial charge is 0.456 e. The molecule has 0 unspecified atom stereocenters. The molecule has 13 aromatic carbocycles. The molecular weight excluding hydrogens is 1220 g/mol. The number of anilines is 6. The van der Waals surface area contributed by atoms with Crippen molar-refractivity contribution in [2.45, 2.75) is 52.4 Å². The molecule has 18 rings (SSSR count). The van der Waals surface area contributed by atoms with Crippen LogP contribution in [-0.2, 0) is 10.8 Å². The molecule has 7 heteroatoms. The summed E-state index contributed by atoms with van der Waals surface area (Å²) in [5.41, 5.74) is 19.6. The van der Waals surface area contributed by atoms with Crippen LogP contribution in [0.1, 0.15) is 52.7 Å². The fraction of sp³-hybridized carbons (Fsp3) is 0.0889. The van der Waals surface area contributed by atoms with Crippen LogP contribution in [-0.4, -0.2) is 9.97 Å². The van der Waals surface area contributed by atoms with Crippen LogP contribution >= 0.6 is 22.7 Å². The number of pyridine rings is 2. The molecule has 0 aliphatic carbocycles. The zero-order valence-corrected chi connectivity index (χ0v) is 56.4. The number of aromatic nitrogens is 2. The van der Waals surface area contributed by atoms with Crippen molar-refractivity contribution < 1.29 is 4.42 Å². The Morgan fingerprint density at radius 3 is 1.15 bits per heavy atom. The Morgan fingerprint density at radius 2 is 0.660 bits per heavy atom. The second-order valence-corrected chi connectivity index (χ2v) is 29.7. The van der Waals surface area contributed by atoms with Crippen molar-refractivity contribution in [2.75, 3.05) is 9.80 Å². The zero-order valence-electron chi connectivity index (χ0n) is 54.7. The monoisotopic (exact) mass is 1280 g/mol. The number of hydrogen-bond acceptors (Lipinski definition) is 7. The molecule has 5 nitrogen and oxygen atoms in total. The van der Waals surface area contributed by atoms with E-state index in [2.05, 4.69) is 318 Å². The average molecular weight is 1280 g/mol. The third-order valence-corrected chi connectivity index (χ3v) is 22.2. The van der Waals surface area contributed by atoms with Crippen molar-refractivity contribution in [3.8, 4) is 44.8 Å². The van der Waals surface area contributed by atoms with Crippen LogP contribution in [0.2, 0.25) is 0 Å². The normalized spacial score (nSPS) is 12.2. The van der Waals surface area contributed by atoms with Gasteiger partial charge < -0.3 is 14.2 Å². The van der Waals surface area contributed by atoms with Crippen LogP contribution in [0.3, 0.4) is 0 Å². The molecule has 18 aromatic rings. The second kappa shape index (κ2) is 22.7. The van der Waals surface area contributed by atoms with Crippen LogP contribution in [0.5, 0.6) is 0 Å². The number of para-hydroxylation sites is 2. The zero-order chi connectivity index (χ0) is 65.3. The highest BCUT2D eigenvalue weighted by molar-refractivity contribution is 7.27. The van der Waals surface area contributed by atoms with E-state index in [1.54, 1.807) is 0 Å². The molecule has 0 amide bonds. The maximum Gasteiger partial charge on any atom is 0.136 e. The predicted molar refractivity (Wildman–Crippen MR) is 416 cm³/mol. The Bertz CT molecular complexity index is 6150. The fourth-order valence-corrected chi connectivity index (χ4v) is 17.5. The summed E-state index contributed by atoms with van der Waals surface area (Å²) in [7, 11) is 0. The number of benzene rings is 13. The SMILES string of the molecule is CC(C)(C)c1ccc(-c2ccccc2N(c2ccc3oc4cc5c6ccc(N(c7ccccc7-c7ccc(C(C)(C)C)cc7)c7cccc8c7sc7c(-c9ccccn9)cccc78)cc6c6ccccc6c5cc4c3c2)c2cccc3c2sc2c(-c4ccccn4)cccc23)cc1. The van der Waals surface area contributed by atoms with Crippen molar-refractivity contribution in [1.82, 2.24) is 9.97 Å². The highest BCUT2D eigenvalue weighted by atomic mass is 32.1. The molecule has 0 aliphatic heterocycles. The molecule has 0 spiro atoms. The smallest absolute Gasteiger partial charge is 0.136 e. The van der Waals surface area contributed by atoms with Gasteiger partial charge in [0, 0.05) is 87.7 Å². The number of furan rings is 1. The standard InChI is InChI=1S/C90H66N4OS2/c1-89(2,3)57-41-37-55(38-42-57)61-21-9-11-33-79(61)93(81-35-19-27-68-66-25-17-29-70(85(66)96-87(68)81)77-31-13-15-49-91-77)59-45-47-65-72(51-59)63-23-7-8-24-64(63)73-53-76-75-52-60(46-48-83(75)95-84(76)54-74(65)73)94(80-34-12-10-22-62(80)56-39-43-58(44-40-56)90(4,5)6)82-36-20-28-69-67-26-18-30-71(86(67)97-88(69)82)78-32-14-16-50-92-78/h7-54H,1-6H3. The summed E-state index contributed by atoms with van der Waals surface area (Å²) >= 11 is 3.69. The first-order valence-electron chi connectivity index (χ1n) is 33.3. The summed E-state index contributed by atoms with van der Waals surface area (Å²) in [6.07, 6.45) is 3.77. The molecule has 0 radical (unpaired) electrons. The number of fused-ring (bicyclic) bond motifs is 15. The van der Waals surface area contributed by atoms with Crippen LogP contribution in [0.4, 0.5) is 34.1 Å². The van der Waals surface area contributed by atoms with Gasteiger partial charge in [-0.2, -0.15) is 0 Å². The molecular formula is C90H66N4OS2. The fourth-order valence-electron chi connectivity index (χ4n) is 14.8. The molecule has 5 aromatic heterocycles. The highest BCUT2D eigenvalue weighted by Crippen LogP contribution is 2.53. The van der Waals surface area contributed by atoms with Gasteiger partial charge >= 0.3 is 0 Å². The third kappa shape index (κ3) is 9.78. The van der Waals surface area contributed by atoms with E-state index in [4.69, 9.17) is 14.4 Å². The molecule has 0 aliphatic rings. The first-order chi connectivity index (χ1) is 47.4. The van der Waals surface area contributed by atoms with Gasteiger partial charge in [-0.3, -0.25) is 9.97 Å². The Labute approximate surface area is 571 Å². The third-order valence-electron chi connectivity index (χ3n) is 19.7. The summed E-state index contributed by atoms with van der Waals surface area (Å²) in [5, 5.41) is 14.0. The Morgan fingerprint density at radius 1 is 0.278 bits per heavy atom. The van der Waals surface area contributed by atoms with E-state index < -0.39 is 0 Å². The summed E-state index contributed by atoms with van der Waals surface area (Å²) in [6, 6.07) is 103. The summed E-state index contributed by atoms with van der Waals surface area (Å²) < 4.78 is 11.9. The molecule has 97 heavy (non-hydrogen) atoms. The molecule has 0 N–H and O–H groups in total. The first kappa shape index (κ1) is 58.4. The van der Waals surface area contributed by atoms with Crippen LogP contribution in [0.15, 0.2) is 296 Å². The Kier molecular flexibility index (Phi) is 13.7. The average Bonchev–Trinajstić information content (AvgIpc) is 1.27. The molecule has 5 heterocycles. The highest BCUT2D eigenvalue weighted by Gasteiger charge is 2.27. The topological polar surface area (TPSA) is 45.4 Å². The maximum atomic E-state index is 7.09. The summed E-state index contributed by atoms with van der Waals surface area (Å²) in [4.78, 5) is 14.7. The lowest BCUT2D eigenvalue weighted by Gasteiger charge is -2.29. The summed E-state index contributed by atoms with van der Waals surface area (Å²) in [5.74, 6) is 0. The van der Waals surface area contributed by atoms with Gasteiger partial charge in [-0.25, -0.2) is 0 Å². The number of nitrogens with zero attached hydrogens (tertiary/aromatic N) is 4. The molecule has 0 saturated carbocycles. The second-order valence-electron chi connectivity index (χ2n) is 27.6. The Balaban J connectivity index is 0.830. The van der Waals surface area contributed by atoms with Crippen molar-refractivity contribution >= 4 is 151 Å².